The Morgan fingerprint density at radius 3 is 2.77 bits per heavy atom. The maximum Gasteiger partial charge on any atom is 0.231 e. The summed E-state index contributed by atoms with van der Waals surface area (Å²) in [5.41, 5.74) is 5.14. The number of nitrogens with one attached hydrogen (secondary N) is 1. The topological polar surface area (TPSA) is 39.3 Å². The van der Waals surface area contributed by atoms with Crippen LogP contribution in [0.5, 0.6) is 0 Å². The third-order valence-electron chi connectivity index (χ3n) is 6.54. The van der Waals surface area contributed by atoms with Crippen molar-refractivity contribution in [1.29, 1.82) is 0 Å². The minimum absolute atomic E-state index is 0.0457. The Balaban J connectivity index is 1.60. The molecule has 2 unspecified atom stereocenters. The number of aromatic amines is 1. The van der Waals surface area contributed by atoms with Crippen molar-refractivity contribution in [3.8, 4) is 0 Å². The van der Waals surface area contributed by atoms with Crippen molar-refractivity contribution in [3.63, 3.8) is 0 Å². The van der Waals surface area contributed by atoms with Crippen molar-refractivity contribution in [3.05, 3.63) is 40.0 Å². The second-order valence-corrected chi connectivity index (χ2v) is 9.01. The predicted octanol–water partition coefficient (Wildman–Crippen LogP) is 3.81. The minimum atomic E-state index is -0.0457. The van der Waals surface area contributed by atoms with Gasteiger partial charge in [-0.1, -0.05) is 18.2 Å². The summed E-state index contributed by atoms with van der Waals surface area (Å²) in [6, 6.07) is 7.54. The number of carbonyl (C=O) groups excluding carboxylic acids is 1. The van der Waals surface area contributed by atoms with Crippen LogP contribution in [-0.4, -0.2) is 52.4 Å². The summed E-state index contributed by atoms with van der Waals surface area (Å²) in [5.74, 6) is 0.248. The smallest absolute Gasteiger partial charge is 0.231 e. The normalized spacial score (nSPS) is 30.8. The van der Waals surface area contributed by atoms with Gasteiger partial charge in [0.05, 0.1) is 10.5 Å². The molecule has 2 aromatic rings. The van der Waals surface area contributed by atoms with Crippen LogP contribution in [0.25, 0.3) is 16.5 Å². The molecule has 5 rings (SSSR count). The van der Waals surface area contributed by atoms with Gasteiger partial charge >= 0.3 is 0 Å². The van der Waals surface area contributed by atoms with E-state index in [-0.39, 0.29) is 5.92 Å². The number of fused-ring (bicyclic) bond motifs is 2. The zero-order chi connectivity index (χ0) is 18.2. The number of aromatic nitrogens is 1. The van der Waals surface area contributed by atoms with Crippen LogP contribution in [0.15, 0.2) is 28.9 Å². The number of H-pyrrole nitrogens is 1. The predicted molar refractivity (Wildman–Crippen MR) is 108 cm³/mol. The first kappa shape index (κ1) is 16.6. The first-order valence-electron chi connectivity index (χ1n) is 9.49. The SMILES string of the molecule is CC1CC(C)N1C(=O)[C@@H]1C=C2c3cccc4[nH]c(Br)c(c34)C[C@H]2N(C)C1. The zero-order valence-corrected chi connectivity index (χ0v) is 17.0. The number of carbonyl (C=O) groups is 1. The molecule has 5 heteroatoms. The van der Waals surface area contributed by atoms with Crippen LogP contribution in [0, 0.1) is 5.92 Å². The Kier molecular flexibility index (Phi) is 3.63. The van der Waals surface area contributed by atoms with Gasteiger partial charge in [0.2, 0.25) is 5.91 Å². The van der Waals surface area contributed by atoms with Gasteiger partial charge in [-0.25, -0.2) is 0 Å². The van der Waals surface area contributed by atoms with Gasteiger partial charge in [-0.2, -0.15) is 0 Å². The molecule has 1 aromatic carbocycles. The molecule has 0 bridgehead atoms. The molecule has 4 atom stereocenters. The Morgan fingerprint density at radius 2 is 2.04 bits per heavy atom. The van der Waals surface area contributed by atoms with Crippen LogP contribution in [-0.2, 0) is 11.2 Å². The fourth-order valence-electron chi connectivity index (χ4n) is 5.29. The molecule has 136 valence electrons. The number of likely N-dealkylation sites (N-methyl/N-ethyl adjacent to an activating group) is 1. The lowest BCUT2D eigenvalue weighted by molar-refractivity contribution is -0.146. The highest BCUT2D eigenvalue weighted by Crippen LogP contribution is 2.43. The largest absolute Gasteiger partial charge is 0.349 e. The van der Waals surface area contributed by atoms with Crippen LogP contribution < -0.4 is 0 Å². The third kappa shape index (κ3) is 2.20. The quantitative estimate of drug-likeness (QED) is 0.771. The van der Waals surface area contributed by atoms with Crippen LogP contribution in [0.2, 0.25) is 0 Å². The molecule has 0 spiro atoms. The molecule has 26 heavy (non-hydrogen) atoms. The average molecular weight is 414 g/mol. The van der Waals surface area contributed by atoms with E-state index in [1.807, 2.05) is 0 Å². The summed E-state index contributed by atoms with van der Waals surface area (Å²) in [6.07, 6.45) is 4.37. The lowest BCUT2D eigenvalue weighted by atomic mass is 9.79. The van der Waals surface area contributed by atoms with E-state index in [9.17, 15) is 4.79 Å². The number of hydrogen-bond donors (Lipinski definition) is 1. The highest BCUT2D eigenvalue weighted by atomic mass is 79.9. The first-order valence-corrected chi connectivity index (χ1v) is 10.3. The van der Waals surface area contributed by atoms with Gasteiger partial charge < -0.3 is 9.88 Å². The molecule has 1 fully saturated rings. The van der Waals surface area contributed by atoms with Crippen molar-refractivity contribution in [2.75, 3.05) is 13.6 Å². The van der Waals surface area contributed by atoms with Gasteiger partial charge in [0, 0.05) is 35.6 Å². The number of nitrogens with zero attached hydrogens (tertiary/aromatic N) is 2. The molecule has 2 aliphatic heterocycles. The maximum atomic E-state index is 13.2. The molecular weight excluding hydrogens is 390 g/mol. The summed E-state index contributed by atoms with van der Waals surface area (Å²) >= 11 is 3.70. The number of amides is 1. The molecule has 1 saturated heterocycles. The number of benzene rings is 1. The third-order valence-corrected chi connectivity index (χ3v) is 7.22. The maximum absolute atomic E-state index is 13.2. The molecule has 3 heterocycles. The summed E-state index contributed by atoms with van der Waals surface area (Å²) in [5, 5.41) is 1.31. The van der Waals surface area contributed by atoms with Gasteiger partial charge in [0.15, 0.2) is 0 Å². The van der Waals surface area contributed by atoms with Crippen molar-refractivity contribution in [2.45, 2.75) is 44.8 Å². The molecule has 0 saturated carbocycles. The summed E-state index contributed by atoms with van der Waals surface area (Å²) < 4.78 is 1.09. The monoisotopic (exact) mass is 413 g/mol. The molecule has 0 radical (unpaired) electrons. The van der Waals surface area contributed by atoms with Crippen LogP contribution >= 0.6 is 15.9 Å². The fourth-order valence-corrected chi connectivity index (χ4v) is 5.87. The lowest BCUT2D eigenvalue weighted by Gasteiger charge is -2.48. The fraction of sp³-hybridized carbons (Fsp3) is 0.476. The van der Waals surface area contributed by atoms with E-state index in [2.05, 4.69) is 75.9 Å². The van der Waals surface area contributed by atoms with E-state index in [4.69, 9.17) is 0 Å². The van der Waals surface area contributed by atoms with Crippen molar-refractivity contribution in [2.24, 2.45) is 5.92 Å². The van der Waals surface area contributed by atoms with Gasteiger partial charge in [-0.15, -0.1) is 0 Å². The van der Waals surface area contributed by atoms with E-state index in [0.29, 0.717) is 24.0 Å². The minimum Gasteiger partial charge on any atom is -0.349 e. The van der Waals surface area contributed by atoms with Crippen LogP contribution in [0.4, 0.5) is 0 Å². The van der Waals surface area contributed by atoms with Gasteiger partial charge in [0.25, 0.3) is 0 Å². The Bertz CT molecular complexity index is 938. The molecule has 4 nitrogen and oxygen atoms in total. The number of halogens is 1. The second-order valence-electron chi connectivity index (χ2n) is 8.21. The summed E-state index contributed by atoms with van der Waals surface area (Å²) in [7, 11) is 2.16. The van der Waals surface area contributed by atoms with Gasteiger partial charge in [0.1, 0.15) is 0 Å². The molecule has 1 amide bonds. The number of likely N-dealkylation sites (tertiary alicyclic amines) is 1. The van der Waals surface area contributed by atoms with E-state index in [1.54, 1.807) is 0 Å². The number of hydrogen-bond acceptors (Lipinski definition) is 2. The van der Waals surface area contributed by atoms with E-state index >= 15 is 0 Å². The summed E-state index contributed by atoms with van der Waals surface area (Å²) in [4.78, 5) is 21.1. The summed E-state index contributed by atoms with van der Waals surface area (Å²) in [6.45, 7) is 5.12. The van der Waals surface area contributed by atoms with Crippen molar-refractivity contribution < 1.29 is 4.79 Å². The van der Waals surface area contributed by atoms with Crippen LogP contribution in [0.1, 0.15) is 31.4 Å². The van der Waals surface area contributed by atoms with Gasteiger partial charge in [-0.3, -0.25) is 9.69 Å². The van der Waals surface area contributed by atoms with Crippen molar-refractivity contribution in [1.82, 2.24) is 14.8 Å². The zero-order valence-electron chi connectivity index (χ0n) is 15.4. The average Bonchev–Trinajstić information content (AvgIpc) is 2.92. The van der Waals surface area contributed by atoms with Gasteiger partial charge in [-0.05, 0) is 72.4 Å². The van der Waals surface area contributed by atoms with Crippen LogP contribution in [0.3, 0.4) is 0 Å². The lowest BCUT2D eigenvalue weighted by Crippen LogP contribution is -2.59. The van der Waals surface area contributed by atoms with E-state index in [0.717, 1.165) is 24.0 Å². The highest BCUT2D eigenvalue weighted by molar-refractivity contribution is 9.10. The molecule has 1 aromatic heterocycles. The Labute approximate surface area is 162 Å². The second kappa shape index (κ2) is 5.70. The molecule has 1 aliphatic carbocycles. The van der Waals surface area contributed by atoms with Crippen molar-refractivity contribution >= 4 is 38.3 Å². The van der Waals surface area contributed by atoms with E-state index < -0.39 is 0 Å². The number of rotatable bonds is 1. The Morgan fingerprint density at radius 1 is 1.27 bits per heavy atom. The molecule has 1 N–H and O–H groups in total. The first-order chi connectivity index (χ1) is 12.5. The Hall–Kier alpha value is -1.59. The molecule has 3 aliphatic rings. The standard InChI is InChI=1S/C21H24BrN3O/c1-11-7-12(2)25(11)21(26)13-8-15-14-5-4-6-17-19(14)16(20(22)23-17)9-18(15)24(3)10-13/h4-6,8,11-13,18,23H,7,9-10H2,1-3H3/t11?,12?,13-,18-/m1/s1. The van der Waals surface area contributed by atoms with E-state index in [1.165, 1.54) is 27.6 Å². The molecular formula is C21H24BrN3O. The highest BCUT2D eigenvalue weighted by Gasteiger charge is 2.42.